The Morgan fingerprint density at radius 2 is 1.82 bits per heavy atom. The van der Waals surface area contributed by atoms with Gasteiger partial charge in [0.05, 0.1) is 0 Å². The lowest BCUT2D eigenvalue weighted by Crippen LogP contribution is -2.59. The van der Waals surface area contributed by atoms with E-state index < -0.39 is 5.97 Å². The minimum Gasteiger partial charge on any atom is -0.480 e. The van der Waals surface area contributed by atoms with Gasteiger partial charge in [-0.25, -0.2) is 0 Å². The zero-order chi connectivity index (χ0) is 13.2. The van der Waals surface area contributed by atoms with Gasteiger partial charge in [0.2, 0.25) is 0 Å². The van der Waals surface area contributed by atoms with Gasteiger partial charge in [-0.05, 0) is 46.3 Å². The van der Waals surface area contributed by atoms with Crippen molar-refractivity contribution < 1.29 is 9.90 Å². The van der Waals surface area contributed by atoms with E-state index in [1.165, 1.54) is 19.3 Å². The van der Waals surface area contributed by atoms with Crippen molar-refractivity contribution in [1.29, 1.82) is 0 Å². The molecule has 0 aromatic heterocycles. The van der Waals surface area contributed by atoms with Gasteiger partial charge in [-0.15, -0.1) is 0 Å². The number of carbonyl (C=O) groups is 1. The molecule has 17 heavy (non-hydrogen) atoms. The van der Waals surface area contributed by atoms with Crippen molar-refractivity contribution in [2.24, 2.45) is 5.92 Å². The summed E-state index contributed by atoms with van der Waals surface area (Å²) < 4.78 is 0. The molecule has 1 unspecified atom stereocenters. The Kier molecular flexibility index (Phi) is 4.55. The summed E-state index contributed by atoms with van der Waals surface area (Å²) in [7, 11) is 6.12. The van der Waals surface area contributed by atoms with Gasteiger partial charge in [0, 0.05) is 12.1 Å². The Morgan fingerprint density at radius 3 is 2.06 bits per heavy atom. The van der Waals surface area contributed by atoms with Crippen LogP contribution in [0.3, 0.4) is 0 Å². The van der Waals surface area contributed by atoms with Gasteiger partial charge in [-0.3, -0.25) is 9.69 Å². The van der Waals surface area contributed by atoms with Gasteiger partial charge in [0.25, 0.3) is 0 Å². The molecule has 0 spiro atoms. The fraction of sp³-hybridized carbons (Fsp3) is 0.923. The molecule has 0 amide bonds. The largest absolute Gasteiger partial charge is 0.480 e. The van der Waals surface area contributed by atoms with Crippen LogP contribution in [0.1, 0.15) is 33.1 Å². The molecule has 1 rings (SSSR count). The summed E-state index contributed by atoms with van der Waals surface area (Å²) in [6, 6.07) is -0.382. The molecule has 0 aromatic carbocycles. The number of carboxylic acid groups (broad SMARTS) is 1. The number of likely N-dealkylation sites (N-methyl/N-ethyl adjacent to an activating group) is 2. The van der Waals surface area contributed by atoms with Crippen molar-refractivity contribution in [2.45, 2.75) is 44.7 Å². The normalized spacial score (nSPS) is 20.7. The van der Waals surface area contributed by atoms with Gasteiger partial charge >= 0.3 is 5.97 Å². The fourth-order valence-corrected chi connectivity index (χ4v) is 2.88. The fourth-order valence-electron chi connectivity index (χ4n) is 2.88. The molecule has 4 nitrogen and oxygen atoms in total. The van der Waals surface area contributed by atoms with E-state index in [0.29, 0.717) is 0 Å². The van der Waals surface area contributed by atoms with Crippen molar-refractivity contribution >= 4 is 5.97 Å². The molecule has 0 saturated heterocycles. The third-order valence-electron chi connectivity index (χ3n) is 4.14. The lowest BCUT2D eigenvalue weighted by atomic mass is 9.75. The van der Waals surface area contributed by atoms with Gasteiger partial charge in [0.15, 0.2) is 0 Å². The number of nitrogens with zero attached hydrogens (tertiary/aromatic N) is 2. The lowest BCUT2D eigenvalue weighted by Gasteiger charge is -2.50. The molecule has 1 N–H and O–H groups in total. The van der Waals surface area contributed by atoms with E-state index in [-0.39, 0.29) is 17.5 Å². The Bertz CT molecular complexity index is 273. The molecule has 0 radical (unpaired) electrons. The molecule has 0 aliphatic heterocycles. The van der Waals surface area contributed by atoms with Gasteiger partial charge in [-0.2, -0.15) is 0 Å². The lowest BCUT2D eigenvalue weighted by molar-refractivity contribution is -0.145. The molecule has 0 aromatic rings. The van der Waals surface area contributed by atoms with E-state index in [1.54, 1.807) is 0 Å². The second-order valence-electron chi connectivity index (χ2n) is 5.91. The maximum absolute atomic E-state index is 11.3. The predicted molar refractivity (Wildman–Crippen MR) is 69.2 cm³/mol. The van der Waals surface area contributed by atoms with Crippen LogP contribution in [0, 0.1) is 5.92 Å². The SMILES string of the molecule is CC(C)C(C(=O)O)N(C)CC1(N(C)C)CCC1. The van der Waals surface area contributed by atoms with Crippen LogP contribution in [0.4, 0.5) is 0 Å². The first-order chi connectivity index (χ1) is 7.80. The first-order valence-electron chi connectivity index (χ1n) is 6.40. The molecular weight excluding hydrogens is 216 g/mol. The first-order valence-corrected chi connectivity index (χ1v) is 6.40. The number of aliphatic carboxylic acids is 1. The molecule has 100 valence electrons. The second-order valence-corrected chi connectivity index (χ2v) is 5.91. The van der Waals surface area contributed by atoms with Gasteiger partial charge < -0.3 is 10.0 Å². The van der Waals surface area contributed by atoms with Crippen molar-refractivity contribution in [3.63, 3.8) is 0 Å². The Balaban J connectivity index is 2.69. The Hall–Kier alpha value is -0.610. The van der Waals surface area contributed by atoms with Gasteiger partial charge in [0.1, 0.15) is 6.04 Å². The van der Waals surface area contributed by atoms with Gasteiger partial charge in [-0.1, -0.05) is 13.8 Å². The second kappa shape index (κ2) is 5.36. The third kappa shape index (κ3) is 2.99. The molecule has 4 heteroatoms. The highest BCUT2D eigenvalue weighted by Crippen LogP contribution is 2.37. The number of rotatable bonds is 6. The molecular formula is C13H26N2O2. The first kappa shape index (κ1) is 14.5. The molecule has 1 aliphatic rings. The van der Waals surface area contributed by atoms with Crippen LogP contribution >= 0.6 is 0 Å². The number of hydrogen-bond donors (Lipinski definition) is 1. The monoisotopic (exact) mass is 242 g/mol. The minimum absolute atomic E-state index is 0.136. The van der Waals surface area contributed by atoms with Crippen LogP contribution in [0.5, 0.6) is 0 Å². The Labute approximate surface area is 105 Å². The van der Waals surface area contributed by atoms with Crippen LogP contribution < -0.4 is 0 Å². The number of hydrogen-bond acceptors (Lipinski definition) is 3. The smallest absolute Gasteiger partial charge is 0.321 e. The molecule has 1 aliphatic carbocycles. The van der Waals surface area contributed by atoms with E-state index >= 15 is 0 Å². The highest BCUT2D eigenvalue weighted by atomic mass is 16.4. The van der Waals surface area contributed by atoms with Crippen molar-refractivity contribution in [2.75, 3.05) is 27.7 Å². The highest BCUT2D eigenvalue weighted by Gasteiger charge is 2.42. The quantitative estimate of drug-likeness (QED) is 0.767. The Morgan fingerprint density at radius 1 is 1.29 bits per heavy atom. The van der Waals surface area contributed by atoms with E-state index in [4.69, 9.17) is 0 Å². The highest BCUT2D eigenvalue weighted by molar-refractivity contribution is 5.73. The standard InChI is InChI=1S/C13H26N2O2/c1-10(2)11(12(16)17)15(5)9-13(14(3)4)7-6-8-13/h10-11H,6-9H2,1-5H3,(H,16,17). The predicted octanol–water partition coefficient (Wildman–Crippen LogP) is 1.51. The molecule has 1 atom stereocenters. The van der Waals surface area contributed by atoms with Crippen LogP contribution in [-0.2, 0) is 4.79 Å². The van der Waals surface area contributed by atoms with E-state index in [2.05, 4.69) is 19.0 Å². The topological polar surface area (TPSA) is 43.8 Å². The molecule has 0 bridgehead atoms. The average molecular weight is 242 g/mol. The van der Waals surface area contributed by atoms with Crippen LogP contribution in [0.25, 0.3) is 0 Å². The molecule has 0 heterocycles. The summed E-state index contributed by atoms with van der Waals surface area (Å²) in [6.45, 7) is 4.78. The maximum Gasteiger partial charge on any atom is 0.321 e. The van der Waals surface area contributed by atoms with Crippen molar-refractivity contribution in [3.8, 4) is 0 Å². The summed E-state index contributed by atoms with van der Waals surface area (Å²) in [5.41, 5.74) is 0.192. The van der Waals surface area contributed by atoms with Crippen molar-refractivity contribution in [3.05, 3.63) is 0 Å². The van der Waals surface area contributed by atoms with Crippen LogP contribution in [0.15, 0.2) is 0 Å². The maximum atomic E-state index is 11.3. The number of carboxylic acids is 1. The van der Waals surface area contributed by atoms with E-state index in [9.17, 15) is 9.90 Å². The summed E-state index contributed by atoms with van der Waals surface area (Å²) in [4.78, 5) is 15.6. The van der Waals surface area contributed by atoms with E-state index in [1.807, 2.05) is 25.8 Å². The van der Waals surface area contributed by atoms with Crippen molar-refractivity contribution in [1.82, 2.24) is 9.80 Å². The molecule has 1 fully saturated rings. The van der Waals surface area contributed by atoms with Crippen LogP contribution in [0.2, 0.25) is 0 Å². The average Bonchev–Trinajstić information content (AvgIpc) is 2.09. The van der Waals surface area contributed by atoms with E-state index in [0.717, 1.165) is 6.54 Å². The third-order valence-corrected chi connectivity index (χ3v) is 4.14. The summed E-state index contributed by atoms with van der Waals surface area (Å²) in [6.07, 6.45) is 3.61. The van der Waals surface area contributed by atoms with Crippen LogP contribution in [-0.4, -0.2) is 60.1 Å². The summed E-state index contributed by atoms with van der Waals surface area (Å²) in [5.74, 6) is -0.576. The summed E-state index contributed by atoms with van der Waals surface area (Å²) in [5, 5.41) is 9.28. The zero-order valence-electron chi connectivity index (χ0n) is 11.7. The minimum atomic E-state index is -0.712. The zero-order valence-corrected chi connectivity index (χ0v) is 11.7. The molecule has 1 saturated carbocycles. The summed E-state index contributed by atoms with van der Waals surface area (Å²) >= 11 is 0.